The number of rotatable bonds is 3. The number of aryl methyl sites for hydroxylation is 2. The number of aromatic nitrogens is 2. The van der Waals surface area contributed by atoms with E-state index in [4.69, 9.17) is 26.8 Å². The molecule has 2 N–H and O–H groups in total. The molecule has 0 unspecified atom stereocenters. The topological polar surface area (TPSA) is 90.6 Å². The highest BCUT2D eigenvalue weighted by molar-refractivity contribution is 6.29. The fourth-order valence-electron chi connectivity index (χ4n) is 3.56. The summed E-state index contributed by atoms with van der Waals surface area (Å²) in [6.45, 7) is 7.07. The van der Waals surface area contributed by atoms with E-state index in [0.29, 0.717) is 29.6 Å². The second kappa shape index (κ2) is 7.70. The van der Waals surface area contributed by atoms with Crippen molar-refractivity contribution in [2.45, 2.75) is 33.0 Å². The number of ether oxygens (including phenoxy) is 2. The summed E-state index contributed by atoms with van der Waals surface area (Å²) in [5, 5.41) is 7.98. The van der Waals surface area contributed by atoms with Gasteiger partial charge >= 0.3 is 5.97 Å². The number of anilines is 2. The van der Waals surface area contributed by atoms with E-state index in [1.165, 1.54) is 7.11 Å². The number of hydrogen-bond donors (Lipinski definition) is 1. The number of nitrogens with zero attached hydrogens (tertiary/aromatic N) is 3. The molecule has 0 spiro atoms. The van der Waals surface area contributed by atoms with Crippen LogP contribution in [0.3, 0.4) is 0 Å². The predicted molar refractivity (Wildman–Crippen MR) is 104 cm³/mol. The van der Waals surface area contributed by atoms with Crippen LogP contribution in [0.4, 0.5) is 11.5 Å². The molecule has 2 heterocycles. The van der Waals surface area contributed by atoms with Gasteiger partial charge in [0, 0.05) is 19.2 Å². The lowest BCUT2D eigenvalue weighted by Gasteiger charge is -2.38. The van der Waals surface area contributed by atoms with Gasteiger partial charge in [0.1, 0.15) is 6.10 Å². The first-order valence-corrected chi connectivity index (χ1v) is 9.06. The average molecular weight is 391 g/mol. The number of hydrogen-bond acceptors (Lipinski definition) is 7. The third kappa shape index (κ3) is 3.99. The lowest BCUT2D eigenvalue weighted by Crippen LogP contribution is -2.43. The van der Waals surface area contributed by atoms with Crippen LogP contribution in [0.1, 0.15) is 40.1 Å². The second-order valence-corrected chi connectivity index (χ2v) is 7.19. The number of morpholine rings is 1. The molecule has 1 fully saturated rings. The quantitative estimate of drug-likeness (QED) is 0.805. The molecule has 1 aromatic heterocycles. The van der Waals surface area contributed by atoms with Crippen LogP contribution in [-0.2, 0) is 9.47 Å². The van der Waals surface area contributed by atoms with Gasteiger partial charge in [0.2, 0.25) is 0 Å². The van der Waals surface area contributed by atoms with Crippen LogP contribution in [0.25, 0.3) is 0 Å². The number of nitrogen functional groups attached to an aromatic ring is 1. The van der Waals surface area contributed by atoms with Gasteiger partial charge in [0.15, 0.2) is 11.0 Å². The molecule has 1 aliphatic rings. The van der Waals surface area contributed by atoms with Gasteiger partial charge in [-0.25, -0.2) is 4.79 Å². The highest BCUT2D eigenvalue weighted by atomic mass is 35.5. The third-order valence-electron chi connectivity index (χ3n) is 4.69. The summed E-state index contributed by atoms with van der Waals surface area (Å²) in [6, 6.07) is 5.67. The van der Waals surface area contributed by atoms with Crippen LogP contribution in [-0.4, -0.2) is 42.5 Å². The Morgan fingerprint density at radius 1 is 1.26 bits per heavy atom. The fourth-order valence-corrected chi connectivity index (χ4v) is 3.70. The molecule has 0 aliphatic carbocycles. The minimum absolute atomic E-state index is 0.0176. The molecule has 1 aliphatic heterocycles. The Bertz CT molecular complexity index is 851. The van der Waals surface area contributed by atoms with Crippen molar-refractivity contribution in [1.29, 1.82) is 0 Å². The van der Waals surface area contributed by atoms with E-state index in [1.54, 1.807) is 6.07 Å². The normalized spacial score (nSPS) is 19.8. The van der Waals surface area contributed by atoms with Gasteiger partial charge in [-0.1, -0.05) is 23.7 Å². The van der Waals surface area contributed by atoms with E-state index in [-0.39, 0.29) is 18.2 Å². The molecule has 0 saturated carbocycles. The molecule has 8 heteroatoms. The zero-order chi connectivity index (χ0) is 19.7. The molecular weight excluding hydrogens is 368 g/mol. The van der Waals surface area contributed by atoms with Gasteiger partial charge in [-0.3, -0.25) is 0 Å². The first kappa shape index (κ1) is 19.4. The fraction of sp³-hybridized carbons (Fsp3) is 0.421. The Labute approximate surface area is 163 Å². The molecular formula is C19H23ClN4O3. The van der Waals surface area contributed by atoms with Crippen LogP contribution in [0, 0.1) is 13.8 Å². The molecule has 2 atom stereocenters. The molecule has 2 aromatic rings. The SMILES string of the molecule is COC(=O)c1c(C)cc([C@@H]2CN(c3cc(Cl)nnc3N)C[C@H](C)O2)cc1C. The Balaban J connectivity index is 1.93. The van der Waals surface area contributed by atoms with Crippen molar-refractivity contribution < 1.29 is 14.3 Å². The van der Waals surface area contributed by atoms with E-state index < -0.39 is 0 Å². The summed E-state index contributed by atoms with van der Waals surface area (Å²) in [5.41, 5.74) is 10.1. The summed E-state index contributed by atoms with van der Waals surface area (Å²) in [5.74, 6) is 0.00188. The van der Waals surface area contributed by atoms with Gasteiger partial charge in [0.25, 0.3) is 0 Å². The zero-order valence-corrected chi connectivity index (χ0v) is 16.6. The van der Waals surface area contributed by atoms with Crippen molar-refractivity contribution in [1.82, 2.24) is 10.2 Å². The Morgan fingerprint density at radius 3 is 2.56 bits per heavy atom. The lowest BCUT2D eigenvalue weighted by atomic mass is 9.95. The molecule has 27 heavy (non-hydrogen) atoms. The van der Waals surface area contributed by atoms with Gasteiger partial charge in [-0.15, -0.1) is 10.2 Å². The van der Waals surface area contributed by atoms with Crippen LogP contribution in [0.2, 0.25) is 5.15 Å². The zero-order valence-electron chi connectivity index (χ0n) is 15.8. The first-order chi connectivity index (χ1) is 12.8. The number of nitrogens with two attached hydrogens (primary N) is 1. The highest BCUT2D eigenvalue weighted by Gasteiger charge is 2.29. The van der Waals surface area contributed by atoms with Gasteiger partial charge < -0.3 is 20.1 Å². The van der Waals surface area contributed by atoms with Gasteiger partial charge in [-0.2, -0.15) is 0 Å². The lowest BCUT2D eigenvalue weighted by molar-refractivity contribution is -0.0174. The maximum atomic E-state index is 12.0. The summed E-state index contributed by atoms with van der Waals surface area (Å²) in [7, 11) is 1.39. The maximum absolute atomic E-state index is 12.0. The maximum Gasteiger partial charge on any atom is 0.338 e. The van der Waals surface area contributed by atoms with Crippen LogP contribution in [0.5, 0.6) is 0 Å². The summed E-state index contributed by atoms with van der Waals surface area (Å²) < 4.78 is 11.0. The minimum atomic E-state index is -0.332. The standard InChI is InChI=1S/C19H23ClN4O3/c1-10-5-13(6-11(2)17(10)19(25)26-4)15-9-24(8-12(3)27-15)14-7-16(20)22-23-18(14)21/h5-7,12,15H,8-9H2,1-4H3,(H2,21,23)/t12-,15-/m0/s1. The predicted octanol–water partition coefficient (Wildman–Crippen LogP) is 3.08. The van der Waals surface area contributed by atoms with Gasteiger partial charge in [-0.05, 0) is 37.5 Å². The van der Waals surface area contributed by atoms with Gasteiger partial charge in [0.05, 0.1) is 24.5 Å². The van der Waals surface area contributed by atoms with Crippen LogP contribution in [0.15, 0.2) is 18.2 Å². The van der Waals surface area contributed by atoms with Crippen LogP contribution >= 0.6 is 11.6 Å². The molecule has 1 saturated heterocycles. The Morgan fingerprint density at radius 2 is 1.93 bits per heavy atom. The van der Waals surface area contributed by atoms with E-state index in [2.05, 4.69) is 15.1 Å². The molecule has 144 valence electrons. The molecule has 3 rings (SSSR count). The second-order valence-electron chi connectivity index (χ2n) is 6.80. The summed E-state index contributed by atoms with van der Waals surface area (Å²) in [4.78, 5) is 14.1. The van der Waals surface area contributed by atoms with E-state index in [0.717, 1.165) is 22.4 Å². The van der Waals surface area contributed by atoms with Crippen molar-refractivity contribution >= 4 is 29.1 Å². The van der Waals surface area contributed by atoms with Crippen molar-refractivity contribution in [3.05, 3.63) is 45.6 Å². The number of carbonyl (C=O) groups excluding carboxylic acids is 1. The van der Waals surface area contributed by atoms with E-state index in [1.807, 2.05) is 32.9 Å². The number of esters is 1. The number of carbonyl (C=O) groups is 1. The number of benzene rings is 1. The average Bonchev–Trinajstić information content (AvgIpc) is 2.62. The molecule has 7 nitrogen and oxygen atoms in total. The van der Waals surface area contributed by atoms with Crippen molar-refractivity contribution in [3.8, 4) is 0 Å². The van der Waals surface area contributed by atoms with Crippen LogP contribution < -0.4 is 10.6 Å². The number of methoxy groups -OCH3 is 1. The Hall–Kier alpha value is -2.38. The largest absolute Gasteiger partial charge is 0.465 e. The smallest absolute Gasteiger partial charge is 0.338 e. The summed E-state index contributed by atoms with van der Waals surface area (Å²) >= 11 is 6.00. The molecule has 0 amide bonds. The van der Waals surface area contributed by atoms with Crippen molar-refractivity contribution in [2.75, 3.05) is 30.8 Å². The molecule has 1 aromatic carbocycles. The molecule has 0 radical (unpaired) electrons. The minimum Gasteiger partial charge on any atom is -0.465 e. The molecule has 0 bridgehead atoms. The van der Waals surface area contributed by atoms with E-state index >= 15 is 0 Å². The Kier molecular flexibility index (Phi) is 5.53. The van der Waals surface area contributed by atoms with E-state index in [9.17, 15) is 4.79 Å². The van der Waals surface area contributed by atoms with Crippen molar-refractivity contribution in [3.63, 3.8) is 0 Å². The summed E-state index contributed by atoms with van der Waals surface area (Å²) in [6.07, 6.45) is -0.194. The monoisotopic (exact) mass is 390 g/mol. The van der Waals surface area contributed by atoms with Crippen molar-refractivity contribution in [2.24, 2.45) is 0 Å². The number of halogens is 1. The third-order valence-corrected chi connectivity index (χ3v) is 4.87. The highest BCUT2D eigenvalue weighted by Crippen LogP contribution is 2.33. The first-order valence-electron chi connectivity index (χ1n) is 8.68.